The Morgan fingerprint density at radius 1 is 1.11 bits per heavy atom. The summed E-state index contributed by atoms with van der Waals surface area (Å²) in [6.45, 7) is 2.64. The summed E-state index contributed by atoms with van der Waals surface area (Å²) in [7, 11) is -3.78. The van der Waals surface area contributed by atoms with E-state index in [0.717, 1.165) is 17.0 Å². The molecule has 2 heterocycles. The molecule has 1 aromatic heterocycles. The van der Waals surface area contributed by atoms with Crippen molar-refractivity contribution in [3.63, 3.8) is 0 Å². The highest BCUT2D eigenvalue weighted by Crippen LogP contribution is 2.30. The van der Waals surface area contributed by atoms with Crippen LogP contribution >= 0.6 is 11.3 Å². The van der Waals surface area contributed by atoms with Crippen molar-refractivity contribution in [3.05, 3.63) is 57.3 Å². The maximum Gasteiger partial charge on any atom is 0.416 e. The fourth-order valence-corrected chi connectivity index (χ4v) is 5.35. The van der Waals surface area contributed by atoms with Crippen molar-refractivity contribution < 1.29 is 26.4 Å². The molecule has 0 atom stereocenters. The van der Waals surface area contributed by atoms with Crippen molar-refractivity contribution in [2.75, 3.05) is 26.2 Å². The highest BCUT2D eigenvalue weighted by atomic mass is 32.2. The Hall–Kier alpha value is -1.91. The molecule has 10 heteroatoms. The molecule has 0 spiro atoms. The number of piperazine rings is 1. The predicted molar refractivity (Wildman–Crippen MR) is 101 cm³/mol. The Labute approximate surface area is 165 Å². The maximum absolute atomic E-state index is 12.8. The molecule has 2 aromatic rings. The molecular weight excluding hydrogens is 413 g/mol. The summed E-state index contributed by atoms with van der Waals surface area (Å²) in [6, 6.07) is 7.94. The molecule has 1 aliphatic heterocycles. The third-order valence-corrected chi connectivity index (χ3v) is 7.31. The van der Waals surface area contributed by atoms with Gasteiger partial charge in [0.15, 0.2) is 0 Å². The van der Waals surface area contributed by atoms with Crippen molar-refractivity contribution >= 4 is 27.3 Å². The van der Waals surface area contributed by atoms with E-state index < -0.39 is 27.5 Å². The van der Waals surface area contributed by atoms with Gasteiger partial charge >= 0.3 is 6.18 Å². The number of aryl methyl sites for hydroxylation is 1. The van der Waals surface area contributed by atoms with Gasteiger partial charge in [0.2, 0.25) is 10.0 Å². The minimum atomic E-state index is -4.52. The third-order valence-electron chi connectivity index (χ3n) is 4.47. The number of amides is 1. The fourth-order valence-electron chi connectivity index (χ4n) is 3.01. The van der Waals surface area contributed by atoms with Crippen LogP contribution < -0.4 is 0 Å². The lowest BCUT2D eigenvalue weighted by Crippen LogP contribution is -2.50. The minimum absolute atomic E-state index is 0.0855. The van der Waals surface area contributed by atoms with E-state index in [4.69, 9.17) is 0 Å². The van der Waals surface area contributed by atoms with Crippen molar-refractivity contribution in [1.29, 1.82) is 0 Å². The molecule has 152 valence electrons. The summed E-state index contributed by atoms with van der Waals surface area (Å²) in [6.07, 6.45) is -4.52. The molecule has 0 radical (unpaired) electrons. The van der Waals surface area contributed by atoms with Gasteiger partial charge in [-0.25, -0.2) is 8.42 Å². The van der Waals surface area contributed by atoms with Gasteiger partial charge in [0.05, 0.1) is 16.2 Å². The molecule has 0 bridgehead atoms. The topological polar surface area (TPSA) is 57.7 Å². The number of alkyl halides is 3. The average molecular weight is 432 g/mol. The first kappa shape index (κ1) is 20.8. The van der Waals surface area contributed by atoms with Crippen molar-refractivity contribution in [3.8, 4) is 0 Å². The van der Waals surface area contributed by atoms with Crippen molar-refractivity contribution in [1.82, 2.24) is 9.21 Å². The number of nitrogens with zero attached hydrogens (tertiary/aromatic N) is 2. The zero-order valence-electron chi connectivity index (χ0n) is 15.1. The van der Waals surface area contributed by atoms with Gasteiger partial charge in [-0.1, -0.05) is 18.2 Å². The quantitative estimate of drug-likeness (QED) is 0.745. The summed E-state index contributed by atoms with van der Waals surface area (Å²) >= 11 is 1.39. The highest BCUT2D eigenvalue weighted by molar-refractivity contribution is 7.88. The van der Waals surface area contributed by atoms with Gasteiger partial charge in [-0.05, 0) is 30.7 Å². The van der Waals surface area contributed by atoms with E-state index in [9.17, 15) is 26.4 Å². The highest BCUT2D eigenvalue weighted by Gasteiger charge is 2.32. The maximum atomic E-state index is 12.8. The van der Waals surface area contributed by atoms with Crippen LogP contribution in [-0.4, -0.2) is 49.7 Å². The Morgan fingerprint density at radius 3 is 2.36 bits per heavy atom. The second-order valence-corrected chi connectivity index (χ2v) is 9.81. The predicted octanol–water partition coefficient (Wildman–Crippen LogP) is 3.36. The number of hydrogen-bond donors (Lipinski definition) is 0. The first-order chi connectivity index (χ1) is 13.1. The smallest absolute Gasteiger partial charge is 0.335 e. The normalized spacial score (nSPS) is 16.4. The van der Waals surface area contributed by atoms with Gasteiger partial charge in [-0.2, -0.15) is 17.5 Å². The van der Waals surface area contributed by atoms with Crippen LogP contribution in [0, 0.1) is 6.92 Å². The van der Waals surface area contributed by atoms with Gasteiger partial charge in [0, 0.05) is 31.1 Å². The molecule has 1 amide bonds. The van der Waals surface area contributed by atoms with Crippen LogP contribution in [0.25, 0.3) is 0 Å². The van der Waals surface area contributed by atoms with E-state index in [1.807, 2.05) is 13.0 Å². The van der Waals surface area contributed by atoms with Gasteiger partial charge in [0.1, 0.15) is 0 Å². The molecule has 1 aliphatic rings. The molecule has 0 saturated carbocycles. The molecule has 1 fully saturated rings. The van der Waals surface area contributed by atoms with E-state index >= 15 is 0 Å². The number of carbonyl (C=O) groups excluding carboxylic acids is 1. The number of rotatable bonds is 4. The SMILES string of the molecule is Cc1ccc(C(=O)N2CCN(S(=O)(=O)Cc3cccc(C(F)(F)F)c3)CC2)s1. The van der Waals surface area contributed by atoms with Crippen LogP contribution in [0.3, 0.4) is 0 Å². The Bertz CT molecular complexity index is 962. The second-order valence-electron chi connectivity index (χ2n) is 6.56. The minimum Gasteiger partial charge on any atom is -0.335 e. The van der Waals surface area contributed by atoms with Crippen LogP contribution in [0.1, 0.15) is 25.7 Å². The molecule has 1 aromatic carbocycles. The number of halogens is 3. The standard InChI is InChI=1S/C18H19F3N2O3S2/c1-13-5-6-16(27-13)17(24)22-7-9-23(10-8-22)28(25,26)12-14-3-2-4-15(11-14)18(19,20)21/h2-6,11H,7-10,12H2,1H3. The van der Waals surface area contributed by atoms with E-state index in [-0.39, 0.29) is 37.6 Å². The molecule has 0 aliphatic carbocycles. The first-order valence-electron chi connectivity index (χ1n) is 8.56. The van der Waals surface area contributed by atoms with Gasteiger partial charge < -0.3 is 4.90 Å². The van der Waals surface area contributed by atoms with Crippen molar-refractivity contribution in [2.45, 2.75) is 18.9 Å². The Morgan fingerprint density at radius 2 is 1.79 bits per heavy atom. The van der Waals surface area contributed by atoms with Crippen LogP contribution in [0.15, 0.2) is 36.4 Å². The fraction of sp³-hybridized carbons (Fsp3) is 0.389. The third kappa shape index (κ3) is 4.73. The van der Waals surface area contributed by atoms with Crippen molar-refractivity contribution in [2.24, 2.45) is 0 Å². The first-order valence-corrected chi connectivity index (χ1v) is 11.0. The molecule has 1 saturated heterocycles. The average Bonchev–Trinajstić information content (AvgIpc) is 3.07. The molecule has 3 rings (SSSR count). The summed E-state index contributed by atoms with van der Waals surface area (Å²) < 4.78 is 64.9. The molecule has 0 unspecified atom stereocenters. The largest absolute Gasteiger partial charge is 0.416 e. The summed E-state index contributed by atoms with van der Waals surface area (Å²) in [5.74, 6) is -0.636. The number of thiophene rings is 1. The van der Waals surface area contributed by atoms with Crippen LogP contribution in [-0.2, 0) is 22.0 Å². The van der Waals surface area contributed by atoms with Crippen LogP contribution in [0.5, 0.6) is 0 Å². The van der Waals surface area contributed by atoms with E-state index in [0.29, 0.717) is 4.88 Å². The number of hydrogen-bond acceptors (Lipinski definition) is 4. The molecular formula is C18H19F3N2O3S2. The summed E-state index contributed by atoms with van der Waals surface area (Å²) in [4.78, 5) is 15.7. The second kappa shape index (κ2) is 7.84. The molecule has 0 N–H and O–H groups in total. The van der Waals surface area contributed by atoms with Gasteiger partial charge in [0.25, 0.3) is 5.91 Å². The summed E-state index contributed by atoms with van der Waals surface area (Å²) in [5, 5.41) is 0. The zero-order chi connectivity index (χ0) is 20.5. The molecule has 5 nitrogen and oxygen atoms in total. The lowest BCUT2D eigenvalue weighted by Gasteiger charge is -2.33. The summed E-state index contributed by atoms with van der Waals surface area (Å²) in [5.41, 5.74) is -0.788. The van der Waals surface area contributed by atoms with Crippen LogP contribution in [0.4, 0.5) is 13.2 Å². The Balaban J connectivity index is 1.64. The van der Waals surface area contributed by atoms with E-state index in [2.05, 4.69) is 0 Å². The number of benzene rings is 1. The number of sulfonamides is 1. The van der Waals surface area contributed by atoms with Gasteiger partial charge in [-0.15, -0.1) is 11.3 Å². The lowest BCUT2D eigenvalue weighted by molar-refractivity contribution is -0.137. The number of carbonyl (C=O) groups is 1. The Kier molecular flexibility index (Phi) is 5.83. The molecule has 28 heavy (non-hydrogen) atoms. The van der Waals surface area contributed by atoms with E-state index in [1.54, 1.807) is 11.0 Å². The monoisotopic (exact) mass is 432 g/mol. The van der Waals surface area contributed by atoms with Gasteiger partial charge in [-0.3, -0.25) is 4.79 Å². The van der Waals surface area contributed by atoms with E-state index in [1.165, 1.54) is 27.8 Å². The van der Waals surface area contributed by atoms with Crippen LogP contribution in [0.2, 0.25) is 0 Å². The zero-order valence-corrected chi connectivity index (χ0v) is 16.7. The lowest BCUT2D eigenvalue weighted by atomic mass is 10.1.